The third kappa shape index (κ3) is 19.4. The summed E-state index contributed by atoms with van der Waals surface area (Å²) in [5.74, 6) is 0.281. The fraction of sp³-hybridized carbons (Fsp3) is 0.800. The quantitative estimate of drug-likeness (QED) is 0.302. The van der Waals surface area contributed by atoms with Crippen LogP contribution in [-0.2, 0) is 4.79 Å². The molecule has 1 amide bonds. The summed E-state index contributed by atoms with van der Waals surface area (Å²) in [6, 6.07) is 0. The second-order valence-electron chi connectivity index (χ2n) is 6.47. The van der Waals surface area contributed by atoms with Crippen molar-refractivity contribution in [2.24, 2.45) is 0 Å². The molecule has 0 aliphatic rings. The lowest BCUT2D eigenvalue weighted by Gasteiger charge is -2.25. The van der Waals surface area contributed by atoms with E-state index in [2.05, 4.69) is 16.8 Å². The number of aliphatic hydroxyl groups excluding tert-OH is 1. The smallest absolute Gasteiger partial charge is 0.246 e. The highest BCUT2D eigenvalue weighted by Gasteiger charge is 2.13. The summed E-state index contributed by atoms with van der Waals surface area (Å²) in [7, 11) is 10.1. The molecule has 0 aromatic heterocycles. The number of aliphatic hydroxyl groups is 1. The first kappa shape index (κ1) is 22.7. The molecule has 0 fully saturated rings. The van der Waals surface area contributed by atoms with Crippen LogP contribution in [0.3, 0.4) is 0 Å². The van der Waals surface area contributed by atoms with E-state index in [0.29, 0.717) is 18.0 Å². The van der Waals surface area contributed by atoms with Gasteiger partial charge in [0.2, 0.25) is 5.91 Å². The third-order valence-corrected chi connectivity index (χ3v) is 2.75. The van der Waals surface area contributed by atoms with Crippen molar-refractivity contribution < 1.29 is 14.4 Å². The molecule has 1 atom stereocenters. The SMILES string of the molecule is C=C(C)C(=O)NCCCN(C)C.C[N+](C)(C)CC(O)CCl. The van der Waals surface area contributed by atoms with Crippen molar-refractivity contribution in [3.8, 4) is 0 Å². The van der Waals surface area contributed by atoms with E-state index >= 15 is 0 Å². The lowest BCUT2D eigenvalue weighted by Crippen LogP contribution is -2.41. The Morgan fingerprint density at radius 2 is 1.90 bits per heavy atom. The minimum absolute atomic E-state index is 0.0474. The Labute approximate surface area is 135 Å². The van der Waals surface area contributed by atoms with Gasteiger partial charge in [-0.3, -0.25) is 4.79 Å². The lowest BCUT2D eigenvalue weighted by atomic mass is 10.3. The van der Waals surface area contributed by atoms with Gasteiger partial charge in [0.15, 0.2) is 0 Å². The Kier molecular flexibility index (Phi) is 12.9. The predicted octanol–water partition coefficient (Wildman–Crippen LogP) is 0.923. The number of carbonyl (C=O) groups excluding carboxylic acids is 1. The lowest BCUT2D eigenvalue weighted by molar-refractivity contribution is -0.873. The van der Waals surface area contributed by atoms with Gasteiger partial charge in [-0.1, -0.05) is 6.58 Å². The van der Waals surface area contributed by atoms with Crippen molar-refractivity contribution in [2.45, 2.75) is 19.4 Å². The average Bonchev–Trinajstić information content (AvgIpc) is 2.32. The molecule has 0 saturated heterocycles. The number of amides is 1. The molecule has 0 aliphatic carbocycles. The molecule has 0 saturated carbocycles. The van der Waals surface area contributed by atoms with Crippen LogP contribution in [0.5, 0.6) is 0 Å². The maximum Gasteiger partial charge on any atom is 0.246 e. The van der Waals surface area contributed by atoms with Gasteiger partial charge in [0.25, 0.3) is 0 Å². The van der Waals surface area contributed by atoms with Crippen LogP contribution in [0.2, 0.25) is 0 Å². The highest BCUT2D eigenvalue weighted by molar-refractivity contribution is 6.18. The highest BCUT2D eigenvalue weighted by atomic mass is 35.5. The van der Waals surface area contributed by atoms with E-state index in [1.165, 1.54) is 0 Å². The molecule has 0 heterocycles. The molecule has 0 radical (unpaired) electrons. The van der Waals surface area contributed by atoms with E-state index in [9.17, 15) is 4.79 Å². The highest BCUT2D eigenvalue weighted by Crippen LogP contribution is 1.95. The second-order valence-corrected chi connectivity index (χ2v) is 6.78. The minimum atomic E-state index is -0.369. The number of hydrogen-bond donors (Lipinski definition) is 2. The molecule has 2 N–H and O–H groups in total. The number of likely N-dealkylation sites (N-methyl/N-ethyl adjacent to an activating group) is 1. The summed E-state index contributed by atoms with van der Waals surface area (Å²) in [6.07, 6.45) is 0.609. The Bertz CT molecular complexity index is 302. The van der Waals surface area contributed by atoms with E-state index < -0.39 is 0 Å². The van der Waals surface area contributed by atoms with Crippen molar-refractivity contribution >= 4 is 17.5 Å². The zero-order chi connectivity index (χ0) is 17.1. The van der Waals surface area contributed by atoms with Crippen LogP contribution in [0.25, 0.3) is 0 Å². The Hall–Kier alpha value is -0.620. The standard InChI is InChI=1S/C9H18N2O.C6H15ClNO/c1-8(2)9(12)10-6-5-7-11(3)4;1-8(2,3)5-6(9)4-7/h1,5-7H2,2-4H3,(H,10,12);6,9H,4-5H2,1-3H3/q;+1. The Balaban J connectivity index is 0. The van der Waals surface area contributed by atoms with Crippen molar-refractivity contribution in [2.75, 3.05) is 60.8 Å². The molecule has 126 valence electrons. The Morgan fingerprint density at radius 1 is 1.38 bits per heavy atom. The maximum atomic E-state index is 11.0. The topological polar surface area (TPSA) is 52.6 Å². The summed E-state index contributed by atoms with van der Waals surface area (Å²) in [5.41, 5.74) is 0.569. The molecule has 0 rings (SSSR count). The molecule has 0 aromatic rings. The van der Waals surface area contributed by atoms with Crippen molar-refractivity contribution in [1.29, 1.82) is 0 Å². The summed E-state index contributed by atoms with van der Waals surface area (Å²) >= 11 is 5.40. The summed E-state index contributed by atoms with van der Waals surface area (Å²) < 4.78 is 0.758. The van der Waals surface area contributed by atoms with Gasteiger partial charge >= 0.3 is 0 Å². The van der Waals surface area contributed by atoms with Crippen molar-refractivity contribution in [1.82, 2.24) is 10.2 Å². The van der Waals surface area contributed by atoms with E-state index in [-0.39, 0.29) is 12.0 Å². The van der Waals surface area contributed by atoms with E-state index in [4.69, 9.17) is 16.7 Å². The summed E-state index contributed by atoms with van der Waals surface area (Å²) in [6.45, 7) is 7.69. The van der Waals surface area contributed by atoms with Gasteiger partial charge in [0.05, 0.1) is 27.0 Å². The van der Waals surface area contributed by atoms with E-state index in [1.54, 1.807) is 6.92 Å². The van der Waals surface area contributed by atoms with Gasteiger partial charge in [-0.25, -0.2) is 0 Å². The van der Waals surface area contributed by atoms with Crippen molar-refractivity contribution in [3.05, 3.63) is 12.2 Å². The van der Waals surface area contributed by atoms with Crippen LogP contribution in [0.4, 0.5) is 0 Å². The number of alkyl halides is 1. The van der Waals surface area contributed by atoms with E-state index in [0.717, 1.165) is 24.0 Å². The molecular formula is C15H33ClN3O2+. The van der Waals surface area contributed by atoms with Gasteiger partial charge in [-0.05, 0) is 34.0 Å². The number of nitrogens with zero attached hydrogens (tertiary/aromatic N) is 2. The molecule has 21 heavy (non-hydrogen) atoms. The number of hydrogen-bond acceptors (Lipinski definition) is 3. The van der Waals surface area contributed by atoms with Gasteiger partial charge in [0.1, 0.15) is 12.6 Å². The molecule has 0 bridgehead atoms. The van der Waals surface area contributed by atoms with Gasteiger partial charge in [-0.15, -0.1) is 11.6 Å². The summed E-state index contributed by atoms with van der Waals surface area (Å²) in [4.78, 5) is 13.1. The van der Waals surface area contributed by atoms with Crippen LogP contribution in [0, 0.1) is 0 Å². The molecule has 0 aliphatic heterocycles. The second kappa shape index (κ2) is 12.0. The van der Waals surface area contributed by atoms with Crippen LogP contribution >= 0.6 is 11.6 Å². The zero-order valence-electron chi connectivity index (χ0n) is 14.4. The molecule has 5 nitrogen and oxygen atoms in total. The first-order valence-electron chi connectivity index (χ1n) is 7.12. The van der Waals surface area contributed by atoms with Crippen molar-refractivity contribution in [3.63, 3.8) is 0 Å². The van der Waals surface area contributed by atoms with Crippen LogP contribution in [-0.4, -0.2) is 87.3 Å². The fourth-order valence-corrected chi connectivity index (χ4v) is 1.53. The largest absolute Gasteiger partial charge is 0.386 e. The first-order valence-corrected chi connectivity index (χ1v) is 7.66. The number of carbonyl (C=O) groups is 1. The normalized spacial score (nSPS) is 12.4. The maximum absolute atomic E-state index is 11.0. The summed E-state index contributed by atoms with van der Waals surface area (Å²) in [5, 5.41) is 11.8. The fourth-order valence-electron chi connectivity index (χ4n) is 1.43. The van der Waals surface area contributed by atoms with Crippen LogP contribution < -0.4 is 5.32 Å². The minimum Gasteiger partial charge on any atom is -0.386 e. The number of rotatable bonds is 8. The molecule has 0 spiro atoms. The third-order valence-electron chi connectivity index (χ3n) is 2.39. The monoisotopic (exact) mass is 322 g/mol. The number of quaternary nitrogens is 1. The molecule has 0 aromatic carbocycles. The van der Waals surface area contributed by atoms with E-state index in [1.807, 2.05) is 35.2 Å². The predicted molar refractivity (Wildman–Crippen MR) is 90.6 cm³/mol. The van der Waals surface area contributed by atoms with Gasteiger partial charge < -0.3 is 19.8 Å². The number of nitrogens with one attached hydrogen (secondary N) is 1. The number of halogens is 1. The zero-order valence-corrected chi connectivity index (χ0v) is 15.2. The molecule has 1 unspecified atom stereocenters. The Morgan fingerprint density at radius 3 is 2.19 bits per heavy atom. The first-order chi connectivity index (χ1) is 9.49. The van der Waals surface area contributed by atoms with Gasteiger partial charge in [-0.2, -0.15) is 0 Å². The molecule has 6 heteroatoms. The van der Waals surface area contributed by atoms with Crippen LogP contribution in [0.1, 0.15) is 13.3 Å². The average molecular weight is 323 g/mol. The van der Waals surface area contributed by atoms with Crippen LogP contribution in [0.15, 0.2) is 12.2 Å². The van der Waals surface area contributed by atoms with Gasteiger partial charge in [0, 0.05) is 12.1 Å². The molecular weight excluding hydrogens is 290 g/mol.